The van der Waals surface area contributed by atoms with Crippen molar-refractivity contribution in [3.63, 3.8) is 0 Å². The van der Waals surface area contributed by atoms with E-state index in [2.05, 4.69) is 4.98 Å². The van der Waals surface area contributed by atoms with Crippen LogP contribution in [-0.2, 0) is 19.4 Å². The van der Waals surface area contributed by atoms with Gasteiger partial charge in [0, 0.05) is 10.4 Å². The number of fused-ring (bicyclic) bond motifs is 3. The second kappa shape index (κ2) is 8.96. The van der Waals surface area contributed by atoms with E-state index in [4.69, 9.17) is 26.1 Å². The Kier molecular flexibility index (Phi) is 5.89. The van der Waals surface area contributed by atoms with E-state index in [0.29, 0.717) is 41.1 Å². The summed E-state index contributed by atoms with van der Waals surface area (Å²) < 4.78 is 11.8. The molecule has 0 amide bonds. The second-order valence-electron chi connectivity index (χ2n) is 7.80. The Balaban J connectivity index is 1.53. The van der Waals surface area contributed by atoms with Crippen molar-refractivity contribution in [2.75, 3.05) is 6.61 Å². The summed E-state index contributed by atoms with van der Waals surface area (Å²) in [5.41, 5.74) is 2.81. The standard InChI is InChI=1S/C25H23ClN2O3S/c1-2-30-19-13-16(12-18(26)22(19)31-14-15-8-4-3-5-9-15)23-27-24(29)21-17-10-6-7-11-20(17)32-25(21)28-23/h3-5,8-9,12-13H,2,6-7,10-11,14H2,1H3,(H,27,28,29). The Morgan fingerprint density at radius 2 is 1.94 bits per heavy atom. The molecular formula is C25H23ClN2O3S. The molecule has 2 aromatic carbocycles. The number of rotatable bonds is 6. The fourth-order valence-electron chi connectivity index (χ4n) is 4.14. The van der Waals surface area contributed by atoms with E-state index in [1.807, 2.05) is 43.3 Å². The lowest BCUT2D eigenvalue weighted by Crippen LogP contribution is -2.11. The normalized spacial score (nSPS) is 13.2. The number of nitrogens with one attached hydrogen (secondary N) is 1. The van der Waals surface area contributed by atoms with Gasteiger partial charge in [0.2, 0.25) is 0 Å². The quantitative estimate of drug-likeness (QED) is 0.369. The number of aryl methyl sites for hydroxylation is 2. The number of nitrogens with zero attached hydrogens (tertiary/aromatic N) is 1. The molecule has 0 radical (unpaired) electrons. The number of H-pyrrole nitrogens is 1. The summed E-state index contributed by atoms with van der Waals surface area (Å²) in [7, 11) is 0. The summed E-state index contributed by atoms with van der Waals surface area (Å²) in [5.74, 6) is 1.49. The molecule has 1 N–H and O–H groups in total. The third-order valence-electron chi connectivity index (χ3n) is 5.63. The van der Waals surface area contributed by atoms with Gasteiger partial charge in [-0.05, 0) is 55.9 Å². The molecule has 32 heavy (non-hydrogen) atoms. The van der Waals surface area contributed by atoms with Gasteiger partial charge in [0.1, 0.15) is 17.3 Å². The largest absolute Gasteiger partial charge is 0.490 e. The van der Waals surface area contributed by atoms with Crippen molar-refractivity contribution in [2.24, 2.45) is 0 Å². The fourth-order valence-corrected chi connectivity index (χ4v) is 5.67. The first-order chi connectivity index (χ1) is 15.6. The zero-order chi connectivity index (χ0) is 22.1. The van der Waals surface area contributed by atoms with Crippen molar-refractivity contribution in [3.05, 3.63) is 73.8 Å². The summed E-state index contributed by atoms with van der Waals surface area (Å²) in [4.78, 5) is 22.8. The predicted octanol–water partition coefficient (Wildman–Crippen LogP) is 6.16. The van der Waals surface area contributed by atoms with Crippen LogP contribution in [0.1, 0.15) is 35.8 Å². The van der Waals surface area contributed by atoms with E-state index in [-0.39, 0.29) is 5.56 Å². The third kappa shape index (κ3) is 4.00. The molecule has 0 saturated heterocycles. The molecular weight excluding hydrogens is 444 g/mol. The Hall–Kier alpha value is -2.83. The van der Waals surface area contributed by atoms with Gasteiger partial charge in [0.25, 0.3) is 5.56 Å². The van der Waals surface area contributed by atoms with Crippen molar-refractivity contribution in [3.8, 4) is 22.9 Å². The lowest BCUT2D eigenvalue weighted by Gasteiger charge is -2.15. The number of aromatic nitrogens is 2. The van der Waals surface area contributed by atoms with E-state index in [1.165, 1.54) is 16.9 Å². The fraction of sp³-hybridized carbons (Fsp3) is 0.280. The molecule has 0 bridgehead atoms. The lowest BCUT2D eigenvalue weighted by atomic mass is 9.97. The number of ether oxygens (including phenoxy) is 2. The van der Waals surface area contributed by atoms with Crippen molar-refractivity contribution in [2.45, 2.75) is 39.2 Å². The van der Waals surface area contributed by atoms with Crippen LogP contribution in [0.25, 0.3) is 21.6 Å². The maximum absolute atomic E-state index is 12.9. The SMILES string of the molecule is CCOc1cc(-c2nc3sc4c(c3c(=O)[nH]2)CCCC4)cc(Cl)c1OCc1ccccc1. The molecule has 0 saturated carbocycles. The minimum absolute atomic E-state index is 0.0945. The van der Waals surface area contributed by atoms with Gasteiger partial charge in [0.15, 0.2) is 11.5 Å². The first-order valence-corrected chi connectivity index (χ1v) is 12.0. The van der Waals surface area contributed by atoms with Gasteiger partial charge in [-0.25, -0.2) is 4.98 Å². The highest BCUT2D eigenvalue weighted by atomic mass is 35.5. The summed E-state index contributed by atoms with van der Waals surface area (Å²) in [6, 6.07) is 13.5. The van der Waals surface area contributed by atoms with Gasteiger partial charge < -0.3 is 14.5 Å². The number of halogens is 1. The molecule has 164 valence electrons. The lowest BCUT2D eigenvalue weighted by molar-refractivity contribution is 0.269. The Morgan fingerprint density at radius 3 is 2.75 bits per heavy atom. The van der Waals surface area contributed by atoms with Crippen molar-refractivity contribution in [1.29, 1.82) is 0 Å². The van der Waals surface area contributed by atoms with Crippen LogP contribution in [0, 0.1) is 0 Å². The average molecular weight is 467 g/mol. The highest BCUT2D eigenvalue weighted by molar-refractivity contribution is 7.18. The second-order valence-corrected chi connectivity index (χ2v) is 9.29. The molecule has 1 aliphatic carbocycles. The van der Waals surface area contributed by atoms with Gasteiger partial charge in [-0.1, -0.05) is 41.9 Å². The van der Waals surface area contributed by atoms with Gasteiger partial charge in [0.05, 0.1) is 17.0 Å². The molecule has 0 spiro atoms. The van der Waals surface area contributed by atoms with E-state index in [0.717, 1.165) is 35.0 Å². The first-order valence-electron chi connectivity index (χ1n) is 10.8. The third-order valence-corrected chi connectivity index (χ3v) is 7.10. The first kappa shape index (κ1) is 21.0. The topological polar surface area (TPSA) is 64.2 Å². The van der Waals surface area contributed by atoms with Crippen LogP contribution in [0.4, 0.5) is 0 Å². The zero-order valence-electron chi connectivity index (χ0n) is 17.7. The molecule has 5 nitrogen and oxygen atoms in total. The summed E-state index contributed by atoms with van der Waals surface area (Å²) in [5, 5.41) is 1.16. The molecule has 0 unspecified atom stereocenters. The Morgan fingerprint density at radius 1 is 1.12 bits per heavy atom. The highest BCUT2D eigenvalue weighted by Crippen LogP contribution is 2.40. The number of thiophene rings is 1. The molecule has 2 heterocycles. The molecule has 4 aromatic rings. The van der Waals surface area contributed by atoms with Crippen LogP contribution >= 0.6 is 22.9 Å². The minimum atomic E-state index is -0.0945. The number of aromatic amines is 1. The van der Waals surface area contributed by atoms with Crippen LogP contribution in [0.15, 0.2) is 47.3 Å². The molecule has 1 aliphatic rings. The van der Waals surface area contributed by atoms with Crippen molar-refractivity contribution < 1.29 is 9.47 Å². The van der Waals surface area contributed by atoms with Crippen molar-refractivity contribution >= 4 is 33.2 Å². The van der Waals surface area contributed by atoms with Gasteiger partial charge >= 0.3 is 0 Å². The minimum Gasteiger partial charge on any atom is -0.490 e. The number of hydrogen-bond donors (Lipinski definition) is 1. The number of hydrogen-bond acceptors (Lipinski definition) is 5. The monoisotopic (exact) mass is 466 g/mol. The van der Waals surface area contributed by atoms with Crippen LogP contribution in [0.3, 0.4) is 0 Å². The van der Waals surface area contributed by atoms with E-state index < -0.39 is 0 Å². The maximum atomic E-state index is 12.9. The van der Waals surface area contributed by atoms with Gasteiger partial charge in [-0.3, -0.25) is 4.79 Å². The van der Waals surface area contributed by atoms with Gasteiger partial charge in [-0.15, -0.1) is 11.3 Å². The van der Waals surface area contributed by atoms with Crippen LogP contribution in [-0.4, -0.2) is 16.6 Å². The van der Waals surface area contributed by atoms with E-state index in [9.17, 15) is 4.79 Å². The van der Waals surface area contributed by atoms with Crippen LogP contribution in [0.2, 0.25) is 5.02 Å². The summed E-state index contributed by atoms with van der Waals surface area (Å²) >= 11 is 8.23. The Labute approximate surface area is 195 Å². The van der Waals surface area contributed by atoms with Crippen LogP contribution < -0.4 is 15.0 Å². The predicted molar refractivity (Wildman–Crippen MR) is 129 cm³/mol. The van der Waals surface area contributed by atoms with Crippen LogP contribution in [0.5, 0.6) is 11.5 Å². The van der Waals surface area contributed by atoms with Crippen molar-refractivity contribution in [1.82, 2.24) is 9.97 Å². The highest BCUT2D eigenvalue weighted by Gasteiger charge is 2.21. The average Bonchev–Trinajstić information content (AvgIpc) is 3.18. The summed E-state index contributed by atoms with van der Waals surface area (Å²) in [6.45, 7) is 2.74. The molecule has 5 rings (SSSR count). The van der Waals surface area contributed by atoms with Gasteiger partial charge in [-0.2, -0.15) is 0 Å². The maximum Gasteiger partial charge on any atom is 0.260 e. The molecule has 0 atom stereocenters. The summed E-state index contributed by atoms with van der Waals surface area (Å²) in [6.07, 6.45) is 4.27. The number of benzene rings is 2. The molecule has 0 aliphatic heterocycles. The molecule has 0 fully saturated rings. The van der Waals surface area contributed by atoms with E-state index in [1.54, 1.807) is 17.4 Å². The zero-order valence-corrected chi connectivity index (χ0v) is 19.3. The smallest absolute Gasteiger partial charge is 0.260 e. The van der Waals surface area contributed by atoms with E-state index >= 15 is 0 Å². The molecule has 7 heteroatoms. The molecule has 2 aromatic heterocycles. The Bertz CT molecular complexity index is 1330.